The number of hydrogen-bond acceptors (Lipinski definition) is 0. The molecular formula is C76H66. The van der Waals surface area contributed by atoms with Crippen molar-refractivity contribution >= 4 is 86.2 Å². The molecular weight excluding hydrogens is 913 g/mol. The van der Waals surface area contributed by atoms with Gasteiger partial charge in [0.15, 0.2) is 0 Å². The van der Waals surface area contributed by atoms with Crippen LogP contribution >= 0.6 is 0 Å². The fraction of sp³-hybridized carbons (Fsp3) is 0.211. The van der Waals surface area contributed by atoms with Gasteiger partial charge in [0.05, 0.1) is 0 Å². The Bertz CT molecular complexity index is 4560. The summed E-state index contributed by atoms with van der Waals surface area (Å²) in [6, 6.07) is 71.5. The zero-order valence-electron chi connectivity index (χ0n) is 46.3. The molecule has 0 aliphatic heterocycles. The van der Waals surface area contributed by atoms with E-state index < -0.39 is 0 Å². The average molecular weight is 979 g/mol. The second-order valence-corrected chi connectivity index (χ2v) is 26.6. The molecule has 0 fully saturated rings. The van der Waals surface area contributed by atoms with Crippen LogP contribution in [0.3, 0.4) is 0 Å². The third-order valence-corrected chi connectivity index (χ3v) is 17.4. The minimum atomic E-state index is -0.0824. The monoisotopic (exact) mass is 979 g/mol. The molecule has 0 saturated carbocycles. The highest BCUT2D eigenvalue weighted by Gasteiger charge is 2.35. The van der Waals surface area contributed by atoms with Gasteiger partial charge in [0.2, 0.25) is 0 Å². The van der Waals surface area contributed by atoms with Crippen LogP contribution in [-0.4, -0.2) is 0 Å². The number of hydrogen-bond donors (Lipinski definition) is 0. The fourth-order valence-corrected chi connectivity index (χ4v) is 13.1. The molecule has 1 aliphatic carbocycles. The van der Waals surface area contributed by atoms with Crippen LogP contribution in [-0.2, 0) is 21.7 Å². The highest BCUT2D eigenvalue weighted by atomic mass is 14.4. The number of fused-ring (bicyclic) bond motifs is 11. The molecule has 0 spiro atoms. The van der Waals surface area contributed by atoms with Gasteiger partial charge in [0.25, 0.3) is 0 Å². The maximum absolute atomic E-state index is 2.64. The first-order chi connectivity index (χ1) is 36.2. The standard InChI is InChI=1S/C76H66/c1-73(2,3)52-31-50(32-53(39-52)74(4,5)6)67-63-41-61-56-29-28-48(43-19-14-13-15-20-43)37-58(56)59-35-46-21-16-17-22-47(46)36-60(59)62(61)42-64(63)68(51-33-54(75(7,8)9)40-55(34-51)76(10,11)12)72-65-38-49-24-18-23-44-25-26-45-27-30-57(71(67)72)70(65)69(45)66(44)49/h13-42H,1-12H3. The van der Waals surface area contributed by atoms with Crippen LogP contribution in [0.15, 0.2) is 182 Å². The highest BCUT2D eigenvalue weighted by molar-refractivity contribution is 6.37. The molecule has 1 aliphatic rings. The van der Waals surface area contributed by atoms with Gasteiger partial charge in [-0.25, -0.2) is 0 Å². The quantitative estimate of drug-likeness (QED) is 0.122. The predicted molar refractivity (Wildman–Crippen MR) is 333 cm³/mol. The smallest absolute Gasteiger partial charge is 0.000718 e. The Morgan fingerprint density at radius 1 is 0.211 bits per heavy atom. The topological polar surface area (TPSA) is 0 Å². The van der Waals surface area contributed by atoms with Crippen molar-refractivity contribution in [3.05, 3.63) is 204 Å². The molecule has 0 radical (unpaired) electrons. The summed E-state index contributed by atoms with van der Waals surface area (Å²) in [6.07, 6.45) is 0. The first kappa shape index (κ1) is 46.7. The molecule has 0 saturated heterocycles. The molecule has 0 atom stereocenters. The molecule has 0 nitrogen and oxygen atoms in total. The Morgan fingerprint density at radius 3 is 1.18 bits per heavy atom. The number of rotatable bonds is 3. The van der Waals surface area contributed by atoms with Crippen molar-refractivity contribution in [1.29, 1.82) is 0 Å². The van der Waals surface area contributed by atoms with Gasteiger partial charge < -0.3 is 0 Å². The van der Waals surface area contributed by atoms with E-state index in [9.17, 15) is 0 Å². The van der Waals surface area contributed by atoms with Gasteiger partial charge in [-0.2, -0.15) is 0 Å². The summed E-state index contributed by atoms with van der Waals surface area (Å²) >= 11 is 0. The molecule has 0 amide bonds. The SMILES string of the molecule is CC(C)(C)c1cc(-c2c3c(c(-c4cc(C(C)(C)C)cc(C(C)(C)C)c4)c4cc5c6cc7ccccc7cc6c6cc(-c7ccccc7)ccc6c5cc24)-c2cc4cccc5ccc6ccc-3c2c6c54)cc(C(C)(C)C)c1. The average Bonchev–Trinajstić information content (AvgIpc) is 3.97. The van der Waals surface area contributed by atoms with Crippen molar-refractivity contribution in [2.75, 3.05) is 0 Å². The molecule has 0 heteroatoms. The van der Waals surface area contributed by atoms with E-state index in [1.54, 1.807) is 0 Å². The summed E-state index contributed by atoms with van der Waals surface area (Å²) < 4.78 is 0. The second-order valence-electron chi connectivity index (χ2n) is 26.6. The van der Waals surface area contributed by atoms with E-state index in [0.29, 0.717) is 0 Å². The van der Waals surface area contributed by atoms with Crippen molar-refractivity contribution in [3.63, 3.8) is 0 Å². The third-order valence-electron chi connectivity index (χ3n) is 17.4. The van der Waals surface area contributed by atoms with Crippen LogP contribution in [0.25, 0.3) is 142 Å². The van der Waals surface area contributed by atoms with Gasteiger partial charge in [-0.15, -0.1) is 0 Å². The van der Waals surface area contributed by atoms with Crippen LogP contribution in [0.5, 0.6) is 0 Å². The Balaban J connectivity index is 1.27. The van der Waals surface area contributed by atoms with Gasteiger partial charge in [-0.3, -0.25) is 0 Å². The van der Waals surface area contributed by atoms with Crippen LogP contribution in [0.2, 0.25) is 0 Å². The fourth-order valence-electron chi connectivity index (χ4n) is 13.1. The second kappa shape index (κ2) is 15.9. The summed E-state index contributed by atoms with van der Waals surface area (Å²) in [5, 5.41) is 20.8. The zero-order valence-corrected chi connectivity index (χ0v) is 46.3. The van der Waals surface area contributed by atoms with Crippen molar-refractivity contribution in [1.82, 2.24) is 0 Å². The molecule has 0 N–H and O–H groups in total. The van der Waals surface area contributed by atoms with Gasteiger partial charge in [-0.1, -0.05) is 229 Å². The third kappa shape index (κ3) is 7.02. The molecule has 0 heterocycles. The van der Waals surface area contributed by atoms with Crippen molar-refractivity contribution < 1.29 is 0 Å². The van der Waals surface area contributed by atoms with E-state index in [1.807, 2.05) is 0 Å². The van der Waals surface area contributed by atoms with Gasteiger partial charge in [0, 0.05) is 0 Å². The minimum absolute atomic E-state index is 0.0813. The predicted octanol–water partition coefficient (Wildman–Crippen LogP) is 22.2. The number of benzene rings is 13. The van der Waals surface area contributed by atoms with Gasteiger partial charge in [-0.05, 0) is 222 Å². The Morgan fingerprint density at radius 2 is 0.645 bits per heavy atom. The van der Waals surface area contributed by atoms with Crippen molar-refractivity contribution in [2.24, 2.45) is 0 Å². The minimum Gasteiger partial charge on any atom is -0.0622 e. The first-order valence-electron chi connectivity index (χ1n) is 27.6. The van der Waals surface area contributed by atoms with Crippen LogP contribution in [0.4, 0.5) is 0 Å². The lowest BCUT2D eigenvalue weighted by Gasteiger charge is -2.29. The summed E-state index contributed by atoms with van der Waals surface area (Å²) in [5.41, 5.74) is 18.2. The van der Waals surface area contributed by atoms with Crippen molar-refractivity contribution in [2.45, 2.75) is 105 Å². The maximum atomic E-state index is 2.64. The lowest BCUT2D eigenvalue weighted by Crippen LogP contribution is -2.17. The van der Waals surface area contributed by atoms with Crippen LogP contribution < -0.4 is 0 Å². The van der Waals surface area contributed by atoms with Crippen molar-refractivity contribution in [3.8, 4) is 55.6 Å². The van der Waals surface area contributed by atoms with E-state index in [0.717, 1.165) is 0 Å². The molecule has 13 aromatic rings. The molecule has 76 heavy (non-hydrogen) atoms. The highest BCUT2D eigenvalue weighted by Crippen LogP contribution is 2.61. The van der Waals surface area contributed by atoms with E-state index in [-0.39, 0.29) is 21.7 Å². The summed E-state index contributed by atoms with van der Waals surface area (Å²) in [6.45, 7) is 28.6. The van der Waals surface area contributed by atoms with Crippen LogP contribution in [0.1, 0.15) is 105 Å². The maximum Gasteiger partial charge on any atom is -0.000718 e. The van der Waals surface area contributed by atoms with Gasteiger partial charge >= 0.3 is 0 Å². The normalized spacial score (nSPS) is 13.3. The van der Waals surface area contributed by atoms with Crippen LogP contribution in [0, 0.1) is 0 Å². The Kier molecular flexibility index (Phi) is 9.76. The molecule has 14 rings (SSSR count). The lowest BCUT2D eigenvalue weighted by molar-refractivity contribution is 0.568. The van der Waals surface area contributed by atoms with E-state index in [1.165, 1.54) is 164 Å². The van der Waals surface area contributed by atoms with E-state index in [2.05, 4.69) is 265 Å². The molecule has 13 aromatic carbocycles. The van der Waals surface area contributed by atoms with Gasteiger partial charge in [0.1, 0.15) is 0 Å². The Hall–Kier alpha value is -7.80. The van der Waals surface area contributed by atoms with E-state index in [4.69, 9.17) is 0 Å². The molecule has 0 aromatic heterocycles. The molecule has 0 unspecified atom stereocenters. The summed E-state index contributed by atoms with van der Waals surface area (Å²) in [5.74, 6) is 0. The van der Waals surface area contributed by atoms with E-state index >= 15 is 0 Å². The lowest BCUT2D eigenvalue weighted by atomic mass is 9.75. The molecule has 0 bridgehead atoms. The largest absolute Gasteiger partial charge is 0.0622 e. The molecule has 370 valence electrons. The first-order valence-corrected chi connectivity index (χ1v) is 27.6. The summed E-state index contributed by atoms with van der Waals surface area (Å²) in [7, 11) is 0. The zero-order chi connectivity index (χ0) is 52.5. The Labute approximate surface area is 448 Å². The summed E-state index contributed by atoms with van der Waals surface area (Å²) in [4.78, 5) is 0.